The first-order valence-corrected chi connectivity index (χ1v) is 9.08. The number of ketones is 1. The second-order valence-corrected chi connectivity index (χ2v) is 6.59. The molecule has 29 heavy (non-hydrogen) atoms. The van der Waals surface area contributed by atoms with Crippen LogP contribution >= 0.6 is 0 Å². The zero-order chi connectivity index (χ0) is 20.2. The molecule has 3 aromatic rings. The molecule has 1 aromatic heterocycles. The molecule has 1 aliphatic rings. The van der Waals surface area contributed by atoms with E-state index in [0.717, 1.165) is 22.7 Å². The smallest absolute Gasteiger partial charge is 0.257 e. The molecule has 2 heterocycles. The molecule has 2 N–H and O–H groups in total. The Labute approximate surface area is 167 Å². The third-order valence-corrected chi connectivity index (χ3v) is 4.48. The highest BCUT2D eigenvalue weighted by atomic mass is 16.7. The van der Waals surface area contributed by atoms with Crippen LogP contribution in [0.1, 0.15) is 33.2 Å². The predicted octanol–water partition coefficient (Wildman–Crippen LogP) is 3.88. The maximum Gasteiger partial charge on any atom is 0.257 e. The summed E-state index contributed by atoms with van der Waals surface area (Å²) in [5.41, 5.74) is 3.38. The average molecular weight is 389 g/mol. The molecular weight excluding hydrogens is 370 g/mol. The van der Waals surface area contributed by atoms with Crippen LogP contribution in [-0.4, -0.2) is 23.5 Å². The van der Waals surface area contributed by atoms with E-state index in [4.69, 9.17) is 9.47 Å². The number of nitrogens with zero attached hydrogens (tertiary/aromatic N) is 1. The van der Waals surface area contributed by atoms with Crippen LogP contribution in [0.25, 0.3) is 0 Å². The summed E-state index contributed by atoms with van der Waals surface area (Å²) >= 11 is 0. The van der Waals surface area contributed by atoms with Gasteiger partial charge in [0.15, 0.2) is 17.3 Å². The zero-order valence-electron chi connectivity index (χ0n) is 15.8. The monoisotopic (exact) mass is 389 g/mol. The van der Waals surface area contributed by atoms with Gasteiger partial charge < -0.3 is 20.1 Å². The van der Waals surface area contributed by atoms with Crippen LogP contribution in [0.2, 0.25) is 0 Å². The second kappa shape index (κ2) is 8.02. The Kier molecular flexibility index (Phi) is 5.11. The highest BCUT2D eigenvalue weighted by Crippen LogP contribution is 2.32. The van der Waals surface area contributed by atoms with Gasteiger partial charge in [-0.2, -0.15) is 0 Å². The summed E-state index contributed by atoms with van der Waals surface area (Å²) < 4.78 is 10.7. The first kappa shape index (κ1) is 18.5. The number of anilines is 2. The van der Waals surface area contributed by atoms with Gasteiger partial charge >= 0.3 is 0 Å². The average Bonchev–Trinajstić information content (AvgIpc) is 3.21. The standard InChI is InChI=1S/C22H19N3O4/c1-14(26)16-3-5-18(6-4-16)25-22(27)17-9-19(12-23-11-17)24-10-15-2-7-20-21(8-15)29-13-28-20/h2-9,11-12,24H,10,13H2,1H3,(H,25,27). The molecule has 0 spiro atoms. The molecule has 1 amide bonds. The quantitative estimate of drug-likeness (QED) is 0.622. The summed E-state index contributed by atoms with van der Waals surface area (Å²) in [6, 6.07) is 14.2. The van der Waals surface area contributed by atoms with Crippen molar-refractivity contribution in [1.82, 2.24) is 4.98 Å². The molecule has 0 saturated heterocycles. The summed E-state index contributed by atoms with van der Waals surface area (Å²) in [5, 5.41) is 6.06. The number of amides is 1. The third-order valence-electron chi connectivity index (χ3n) is 4.48. The summed E-state index contributed by atoms with van der Waals surface area (Å²) in [7, 11) is 0. The Morgan fingerprint density at radius 3 is 2.52 bits per heavy atom. The minimum atomic E-state index is -0.278. The van der Waals surface area contributed by atoms with E-state index in [0.29, 0.717) is 23.4 Å². The van der Waals surface area contributed by atoms with E-state index in [9.17, 15) is 9.59 Å². The summed E-state index contributed by atoms with van der Waals surface area (Å²) in [6.07, 6.45) is 3.16. The van der Waals surface area contributed by atoms with Crippen molar-refractivity contribution in [2.45, 2.75) is 13.5 Å². The van der Waals surface area contributed by atoms with Gasteiger partial charge in [-0.3, -0.25) is 14.6 Å². The van der Waals surface area contributed by atoms with Gasteiger partial charge in [-0.1, -0.05) is 6.07 Å². The number of benzene rings is 2. The molecule has 0 unspecified atom stereocenters. The third kappa shape index (κ3) is 4.35. The SMILES string of the molecule is CC(=O)c1ccc(NC(=O)c2cncc(NCc3ccc4c(c3)OCO4)c2)cc1. The molecular formula is C22H19N3O4. The highest BCUT2D eigenvalue weighted by molar-refractivity contribution is 6.04. The molecule has 0 aliphatic carbocycles. The molecule has 0 saturated carbocycles. The highest BCUT2D eigenvalue weighted by Gasteiger charge is 2.13. The number of Topliss-reactive ketones (excluding diaryl/α,β-unsaturated/α-hetero) is 1. The predicted molar refractivity (Wildman–Crippen MR) is 109 cm³/mol. The number of rotatable bonds is 6. The molecule has 0 fully saturated rings. The summed E-state index contributed by atoms with van der Waals surface area (Å²) in [4.78, 5) is 28.0. The molecule has 146 valence electrons. The Morgan fingerprint density at radius 2 is 1.72 bits per heavy atom. The molecule has 1 aliphatic heterocycles. The van der Waals surface area contributed by atoms with Crippen molar-refractivity contribution in [2.24, 2.45) is 0 Å². The van der Waals surface area contributed by atoms with Gasteiger partial charge in [-0.15, -0.1) is 0 Å². The summed E-state index contributed by atoms with van der Waals surface area (Å²) in [5.74, 6) is 1.17. The van der Waals surface area contributed by atoms with Crippen LogP contribution in [0.3, 0.4) is 0 Å². The van der Waals surface area contributed by atoms with Crippen molar-refractivity contribution < 1.29 is 19.1 Å². The lowest BCUT2D eigenvalue weighted by Gasteiger charge is -2.09. The van der Waals surface area contributed by atoms with Crippen molar-refractivity contribution in [3.8, 4) is 11.5 Å². The lowest BCUT2D eigenvalue weighted by atomic mass is 10.1. The lowest BCUT2D eigenvalue weighted by molar-refractivity contribution is 0.101. The number of aromatic nitrogens is 1. The van der Waals surface area contributed by atoms with E-state index in [-0.39, 0.29) is 18.5 Å². The van der Waals surface area contributed by atoms with E-state index in [2.05, 4.69) is 15.6 Å². The minimum Gasteiger partial charge on any atom is -0.454 e. The molecule has 0 atom stereocenters. The van der Waals surface area contributed by atoms with Gasteiger partial charge in [0.1, 0.15) is 0 Å². The van der Waals surface area contributed by atoms with E-state index in [1.165, 1.54) is 13.1 Å². The van der Waals surface area contributed by atoms with Gasteiger partial charge in [-0.05, 0) is 55.0 Å². The van der Waals surface area contributed by atoms with E-state index >= 15 is 0 Å². The normalized spacial score (nSPS) is 11.8. The zero-order valence-corrected chi connectivity index (χ0v) is 15.8. The fraction of sp³-hybridized carbons (Fsp3) is 0.136. The fourth-order valence-electron chi connectivity index (χ4n) is 2.91. The summed E-state index contributed by atoms with van der Waals surface area (Å²) in [6.45, 7) is 2.29. The van der Waals surface area contributed by atoms with Gasteiger partial charge in [0.05, 0.1) is 11.3 Å². The number of hydrogen-bond acceptors (Lipinski definition) is 6. The first-order valence-electron chi connectivity index (χ1n) is 9.08. The number of pyridine rings is 1. The number of carbonyl (C=O) groups excluding carboxylic acids is 2. The second-order valence-electron chi connectivity index (χ2n) is 6.59. The van der Waals surface area contributed by atoms with Crippen LogP contribution in [0.4, 0.5) is 11.4 Å². The maximum atomic E-state index is 12.5. The Balaban J connectivity index is 1.40. The van der Waals surface area contributed by atoms with E-state index in [1.54, 1.807) is 36.5 Å². The fourth-order valence-corrected chi connectivity index (χ4v) is 2.91. The van der Waals surface area contributed by atoms with Crippen molar-refractivity contribution in [3.05, 3.63) is 77.6 Å². The van der Waals surface area contributed by atoms with E-state index in [1.807, 2.05) is 18.2 Å². The van der Waals surface area contributed by atoms with Gasteiger partial charge in [0, 0.05) is 30.2 Å². The Morgan fingerprint density at radius 1 is 0.931 bits per heavy atom. The molecule has 7 nitrogen and oxygen atoms in total. The molecule has 2 aromatic carbocycles. The van der Waals surface area contributed by atoms with Crippen LogP contribution in [0, 0.1) is 0 Å². The number of ether oxygens (including phenoxy) is 2. The first-order chi connectivity index (χ1) is 14.1. The Bertz CT molecular complexity index is 1060. The van der Waals surface area contributed by atoms with Gasteiger partial charge in [0.25, 0.3) is 5.91 Å². The van der Waals surface area contributed by atoms with Crippen LogP contribution in [-0.2, 0) is 6.54 Å². The van der Waals surface area contributed by atoms with Crippen LogP contribution in [0.15, 0.2) is 60.9 Å². The van der Waals surface area contributed by atoms with Crippen molar-refractivity contribution in [1.29, 1.82) is 0 Å². The van der Waals surface area contributed by atoms with Crippen molar-refractivity contribution in [3.63, 3.8) is 0 Å². The topological polar surface area (TPSA) is 89.6 Å². The molecule has 7 heteroatoms. The lowest BCUT2D eigenvalue weighted by Crippen LogP contribution is -2.13. The number of nitrogens with one attached hydrogen (secondary N) is 2. The molecule has 0 bridgehead atoms. The van der Waals surface area contributed by atoms with E-state index < -0.39 is 0 Å². The number of hydrogen-bond donors (Lipinski definition) is 2. The van der Waals surface area contributed by atoms with Gasteiger partial charge in [0.2, 0.25) is 6.79 Å². The number of carbonyl (C=O) groups is 2. The molecule has 4 rings (SSSR count). The van der Waals surface area contributed by atoms with Crippen LogP contribution in [0.5, 0.6) is 11.5 Å². The maximum absolute atomic E-state index is 12.5. The Hall–Kier alpha value is -3.87. The van der Waals surface area contributed by atoms with Crippen molar-refractivity contribution in [2.75, 3.05) is 17.4 Å². The minimum absolute atomic E-state index is 0.0201. The molecule has 0 radical (unpaired) electrons. The largest absolute Gasteiger partial charge is 0.454 e. The number of fused-ring (bicyclic) bond motifs is 1. The van der Waals surface area contributed by atoms with Crippen LogP contribution < -0.4 is 20.1 Å². The van der Waals surface area contributed by atoms with Crippen molar-refractivity contribution >= 4 is 23.1 Å². The van der Waals surface area contributed by atoms with Gasteiger partial charge in [-0.25, -0.2) is 0 Å².